The van der Waals surface area contributed by atoms with Crippen molar-refractivity contribution < 1.29 is 9.90 Å². The number of carboxylic acids is 1. The van der Waals surface area contributed by atoms with Crippen LogP contribution in [0.3, 0.4) is 0 Å². The minimum absolute atomic E-state index is 0.316. The van der Waals surface area contributed by atoms with Gasteiger partial charge in [-0.25, -0.2) is 0 Å². The van der Waals surface area contributed by atoms with Gasteiger partial charge in [0.1, 0.15) is 6.04 Å². The maximum atomic E-state index is 11.4. The number of carbonyl (C=O) groups is 1. The zero-order chi connectivity index (χ0) is 19.7. The number of aryl methyl sites for hydroxylation is 1. The Hall–Kier alpha value is -2.21. The number of nitrogens with two attached hydrogens (primary N) is 1. The fourth-order valence-electron chi connectivity index (χ4n) is 3.66. The summed E-state index contributed by atoms with van der Waals surface area (Å²) in [4.78, 5) is 13.8. The van der Waals surface area contributed by atoms with Crippen molar-refractivity contribution in [1.29, 1.82) is 0 Å². The van der Waals surface area contributed by atoms with Crippen LogP contribution >= 0.6 is 23.5 Å². The lowest BCUT2D eigenvalue weighted by atomic mass is 9.83. The molecule has 3 aromatic rings. The van der Waals surface area contributed by atoms with Crippen LogP contribution in [0, 0.1) is 6.92 Å². The quantitative estimate of drug-likeness (QED) is 0.630. The molecule has 3 N–H and O–H groups in total. The lowest BCUT2D eigenvalue weighted by molar-refractivity contribution is -0.137. The number of carboxylic acid groups (broad SMARTS) is 1. The Morgan fingerprint density at radius 3 is 2.21 bits per heavy atom. The highest BCUT2D eigenvalue weighted by Crippen LogP contribution is 2.57. The molecule has 3 aromatic carbocycles. The summed E-state index contributed by atoms with van der Waals surface area (Å²) in [6.07, 6.45) is 0. The van der Waals surface area contributed by atoms with Crippen molar-refractivity contribution in [2.75, 3.05) is 5.75 Å². The zero-order valence-electron chi connectivity index (χ0n) is 15.5. The maximum absolute atomic E-state index is 11.4. The fourth-order valence-corrected chi connectivity index (χ4v) is 6.51. The van der Waals surface area contributed by atoms with Crippen LogP contribution in [0.2, 0.25) is 0 Å². The predicted molar refractivity (Wildman–Crippen MR) is 116 cm³/mol. The molecule has 1 aliphatic rings. The van der Waals surface area contributed by atoms with Crippen LogP contribution in [-0.4, -0.2) is 22.9 Å². The summed E-state index contributed by atoms with van der Waals surface area (Å²) in [5.74, 6) is -0.657. The highest BCUT2D eigenvalue weighted by atomic mass is 32.2. The summed E-state index contributed by atoms with van der Waals surface area (Å²) in [7, 11) is 0. The summed E-state index contributed by atoms with van der Waals surface area (Å²) >= 11 is 3.37. The third kappa shape index (κ3) is 3.24. The Morgan fingerprint density at radius 1 is 1.04 bits per heavy atom. The molecule has 28 heavy (non-hydrogen) atoms. The second-order valence-electron chi connectivity index (χ2n) is 6.90. The molecule has 0 saturated heterocycles. The third-order valence-corrected chi connectivity index (χ3v) is 7.76. The van der Waals surface area contributed by atoms with E-state index in [1.165, 1.54) is 26.5 Å². The Morgan fingerprint density at radius 2 is 1.64 bits per heavy atom. The topological polar surface area (TPSA) is 63.3 Å². The number of aliphatic carboxylic acids is 1. The van der Waals surface area contributed by atoms with Gasteiger partial charge in [0.05, 0.1) is 4.75 Å². The number of hydrogen-bond donors (Lipinski definition) is 2. The standard InChI is InChI=1S/C23H21NO2S2/c1-15-7-6-8-16(13-15)23(27-14-19(24)22(25)26)17-9-2-4-11-20(17)28-21-12-5-3-10-18(21)23/h2-13,19H,14,24H2,1H3,(H,25,26)/t19-/m0/s1. The lowest BCUT2D eigenvalue weighted by Crippen LogP contribution is -2.37. The van der Waals surface area contributed by atoms with Gasteiger partial charge in [-0.1, -0.05) is 78.0 Å². The molecule has 0 radical (unpaired) electrons. The van der Waals surface area contributed by atoms with E-state index in [2.05, 4.69) is 79.7 Å². The van der Waals surface area contributed by atoms with Gasteiger partial charge in [-0.2, -0.15) is 0 Å². The molecule has 0 saturated carbocycles. The van der Waals surface area contributed by atoms with Crippen LogP contribution in [-0.2, 0) is 9.54 Å². The van der Waals surface area contributed by atoms with Crippen LogP contribution in [0.4, 0.5) is 0 Å². The van der Waals surface area contributed by atoms with Crippen molar-refractivity contribution in [3.05, 3.63) is 95.1 Å². The van der Waals surface area contributed by atoms with E-state index in [1.807, 2.05) is 0 Å². The van der Waals surface area contributed by atoms with Crippen LogP contribution < -0.4 is 5.73 Å². The van der Waals surface area contributed by atoms with Gasteiger partial charge >= 0.3 is 5.97 Å². The maximum Gasteiger partial charge on any atom is 0.321 e. The normalized spacial score (nSPS) is 15.4. The van der Waals surface area contributed by atoms with Crippen LogP contribution in [0.1, 0.15) is 22.3 Å². The molecule has 1 aliphatic heterocycles. The summed E-state index contributed by atoms with van der Waals surface area (Å²) < 4.78 is -0.502. The van der Waals surface area contributed by atoms with E-state index in [-0.39, 0.29) is 0 Å². The first-order chi connectivity index (χ1) is 13.5. The second kappa shape index (κ2) is 7.66. The Balaban J connectivity index is 1.98. The van der Waals surface area contributed by atoms with E-state index in [0.717, 1.165) is 5.56 Å². The van der Waals surface area contributed by atoms with E-state index >= 15 is 0 Å². The van der Waals surface area contributed by atoms with Crippen molar-refractivity contribution in [1.82, 2.24) is 0 Å². The molecule has 5 heteroatoms. The van der Waals surface area contributed by atoms with Crippen LogP contribution in [0.15, 0.2) is 82.6 Å². The van der Waals surface area contributed by atoms with Crippen molar-refractivity contribution in [2.45, 2.75) is 27.5 Å². The minimum Gasteiger partial charge on any atom is -0.480 e. The Kier molecular flexibility index (Phi) is 5.23. The number of thioether (sulfide) groups is 1. The highest BCUT2D eigenvalue weighted by molar-refractivity contribution is 8.01. The van der Waals surface area contributed by atoms with Crippen LogP contribution in [0.5, 0.6) is 0 Å². The molecule has 0 aromatic heterocycles. The van der Waals surface area contributed by atoms with Crippen molar-refractivity contribution >= 4 is 29.5 Å². The fraction of sp³-hybridized carbons (Fsp3) is 0.174. The van der Waals surface area contributed by atoms with Gasteiger partial charge in [0, 0.05) is 15.5 Å². The van der Waals surface area contributed by atoms with Gasteiger partial charge < -0.3 is 10.8 Å². The zero-order valence-corrected chi connectivity index (χ0v) is 17.1. The molecule has 0 spiro atoms. The van der Waals surface area contributed by atoms with E-state index < -0.39 is 16.8 Å². The molecular formula is C23H21NO2S2. The summed E-state index contributed by atoms with van der Waals surface area (Å²) in [6.45, 7) is 2.08. The lowest BCUT2D eigenvalue weighted by Gasteiger charge is -2.41. The van der Waals surface area contributed by atoms with Gasteiger partial charge in [0.2, 0.25) is 0 Å². The van der Waals surface area contributed by atoms with E-state index in [9.17, 15) is 9.90 Å². The molecule has 1 atom stereocenters. The minimum atomic E-state index is -0.973. The van der Waals surface area contributed by atoms with Gasteiger partial charge in [-0.15, -0.1) is 11.8 Å². The molecule has 0 unspecified atom stereocenters. The van der Waals surface area contributed by atoms with Gasteiger partial charge in [-0.3, -0.25) is 4.79 Å². The first-order valence-corrected chi connectivity index (χ1v) is 10.9. The molecule has 0 amide bonds. The molecule has 0 aliphatic carbocycles. The number of benzene rings is 3. The third-order valence-electron chi connectivity index (χ3n) is 4.97. The molecule has 0 bridgehead atoms. The van der Waals surface area contributed by atoms with Crippen molar-refractivity contribution in [2.24, 2.45) is 5.73 Å². The van der Waals surface area contributed by atoms with E-state index in [0.29, 0.717) is 5.75 Å². The Labute approximate surface area is 173 Å². The smallest absolute Gasteiger partial charge is 0.321 e. The van der Waals surface area contributed by atoms with E-state index in [4.69, 9.17) is 5.73 Å². The molecule has 1 heterocycles. The van der Waals surface area contributed by atoms with E-state index in [1.54, 1.807) is 23.5 Å². The molecule has 4 rings (SSSR count). The summed E-state index contributed by atoms with van der Waals surface area (Å²) in [5.41, 5.74) is 10.6. The summed E-state index contributed by atoms with van der Waals surface area (Å²) in [6, 6.07) is 24.3. The molecule has 142 valence electrons. The average Bonchev–Trinajstić information content (AvgIpc) is 2.70. The van der Waals surface area contributed by atoms with Crippen molar-refractivity contribution in [3.8, 4) is 0 Å². The average molecular weight is 408 g/mol. The second-order valence-corrected chi connectivity index (χ2v) is 9.22. The molecular weight excluding hydrogens is 386 g/mol. The Bertz CT molecular complexity index is 989. The van der Waals surface area contributed by atoms with Crippen LogP contribution in [0.25, 0.3) is 0 Å². The number of hydrogen-bond acceptors (Lipinski definition) is 4. The van der Waals surface area contributed by atoms with Gasteiger partial charge in [0.25, 0.3) is 0 Å². The highest BCUT2D eigenvalue weighted by Gasteiger charge is 2.43. The van der Waals surface area contributed by atoms with Gasteiger partial charge in [-0.05, 0) is 35.7 Å². The number of rotatable bonds is 5. The predicted octanol–water partition coefficient (Wildman–Crippen LogP) is 4.90. The SMILES string of the molecule is Cc1cccc(C2(SC[C@H](N)C(=O)O)c3ccccc3Sc3ccccc32)c1. The molecule has 3 nitrogen and oxygen atoms in total. The summed E-state index contributed by atoms with van der Waals surface area (Å²) in [5, 5.41) is 9.36. The largest absolute Gasteiger partial charge is 0.480 e. The first-order valence-electron chi connectivity index (χ1n) is 9.09. The molecule has 0 fully saturated rings. The number of fused-ring (bicyclic) bond motifs is 2. The van der Waals surface area contributed by atoms with Gasteiger partial charge in [0.15, 0.2) is 0 Å². The monoisotopic (exact) mass is 407 g/mol. The first kappa shape index (κ1) is 19.1. The van der Waals surface area contributed by atoms with Crippen molar-refractivity contribution in [3.63, 3.8) is 0 Å².